The lowest BCUT2D eigenvalue weighted by Crippen LogP contribution is -2.21. The first-order valence-corrected chi connectivity index (χ1v) is 4.80. The normalized spacial score (nSPS) is 14.6. The molecule has 0 aromatic rings. The summed E-state index contributed by atoms with van der Waals surface area (Å²) in [6, 6.07) is 0. The maximum absolute atomic E-state index is 10.7. The molecule has 0 spiro atoms. The summed E-state index contributed by atoms with van der Waals surface area (Å²) in [5, 5.41) is 8.42. The van der Waals surface area contributed by atoms with Crippen molar-refractivity contribution >= 4 is 14.4 Å². The third-order valence-corrected chi connectivity index (χ3v) is 3.05. The Morgan fingerprint density at radius 2 is 2.00 bits per heavy atom. The number of rotatable bonds is 4. The van der Waals surface area contributed by atoms with Gasteiger partial charge >= 0.3 is 5.97 Å². The van der Waals surface area contributed by atoms with Crippen LogP contribution in [0.5, 0.6) is 0 Å². The van der Waals surface area contributed by atoms with Gasteiger partial charge in [0.15, 0.2) is 8.46 Å². The van der Waals surface area contributed by atoms with E-state index < -0.39 is 5.97 Å². The smallest absolute Gasteiger partial charge is 0.303 e. The Morgan fingerprint density at radius 1 is 1.50 bits per heavy atom. The highest BCUT2D eigenvalue weighted by Gasteiger charge is 2.25. The third-order valence-electron chi connectivity index (χ3n) is 1.76. The van der Waals surface area contributed by atoms with E-state index in [1.165, 1.54) is 0 Å². The maximum atomic E-state index is 10.7. The van der Waals surface area contributed by atoms with Gasteiger partial charge in [0.25, 0.3) is 0 Å². The first kappa shape index (κ1) is 11.6. The lowest BCUT2D eigenvalue weighted by molar-refractivity contribution is -0.137. The molecule has 0 fully saturated rings. The Hall–Kier alpha value is -0.430. The van der Waals surface area contributed by atoms with Crippen LogP contribution in [-0.4, -0.2) is 16.7 Å². The van der Waals surface area contributed by atoms with Crippen LogP contribution in [0.15, 0.2) is 0 Å². The van der Waals surface area contributed by atoms with Crippen LogP contribution in [0.2, 0.25) is 0 Å². The summed E-state index contributed by atoms with van der Waals surface area (Å²) >= 11 is 0. The standard InChI is InChI=1S/C8H15O3P/c1-8(2,3)6(12-11)4-5-7(9)10/h6H,4-5H2,1-3H3,(H,9,10)/t6-/m0/s1. The zero-order chi connectivity index (χ0) is 9.78. The van der Waals surface area contributed by atoms with E-state index in [-0.39, 0.29) is 26.0 Å². The molecule has 70 valence electrons. The summed E-state index contributed by atoms with van der Waals surface area (Å²) in [5.41, 5.74) is -0.146. The summed E-state index contributed by atoms with van der Waals surface area (Å²) in [5.74, 6) is -0.826. The van der Waals surface area contributed by atoms with Crippen molar-refractivity contribution in [3.63, 3.8) is 0 Å². The summed E-state index contributed by atoms with van der Waals surface area (Å²) in [6.45, 7) is 5.89. The van der Waals surface area contributed by atoms with Crippen LogP contribution in [0.4, 0.5) is 0 Å². The average molecular weight is 190 g/mol. The monoisotopic (exact) mass is 190 g/mol. The van der Waals surface area contributed by atoms with Crippen molar-refractivity contribution in [1.82, 2.24) is 0 Å². The van der Waals surface area contributed by atoms with Gasteiger partial charge in [0.05, 0.1) is 0 Å². The van der Waals surface area contributed by atoms with Crippen LogP contribution in [0.25, 0.3) is 0 Å². The highest BCUT2D eigenvalue weighted by atomic mass is 31.1. The van der Waals surface area contributed by atoms with Crippen LogP contribution >= 0.6 is 8.46 Å². The minimum Gasteiger partial charge on any atom is -0.481 e. The Bertz CT molecular complexity index is 172. The van der Waals surface area contributed by atoms with E-state index in [1.807, 2.05) is 20.8 Å². The second-order valence-electron chi connectivity index (χ2n) is 3.92. The van der Waals surface area contributed by atoms with Gasteiger partial charge in [0.2, 0.25) is 0 Å². The van der Waals surface area contributed by atoms with Gasteiger partial charge in [-0.05, 0) is 11.8 Å². The maximum Gasteiger partial charge on any atom is 0.303 e. The molecule has 0 heterocycles. The SMILES string of the molecule is CC(C)(C)[C@H](CCC(=O)O)P=O. The minimum atomic E-state index is -0.826. The summed E-state index contributed by atoms with van der Waals surface area (Å²) < 4.78 is 10.7. The number of aliphatic carboxylic acids is 1. The second-order valence-corrected chi connectivity index (χ2v) is 4.75. The predicted octanol–water partition coefficient (Wildman–Crippen LogP) is 2.56. The number of carboxylic acids is 1. The number of carbonyl (C=O) groups is 1. The Kier molecular flexibility index (Phi) is 4.40. The van der Waals surface area contributed by atoms with E-state index in [9.17, 15) is 9.36 Å². The molecule has 0 saturated heterocycles. The lowest BCUT2D eigenvalue weighted by atomic mass is 9.89. The third kappa shape index (κ3) is 4.45. The molecule has 0 unspecified atom stereocenters. The van der Waals surface area contributed by atoms with Gasteiger partial charge in [-0.3, -0.25) is 9.36 Å². The predicted molar refractivity (Wildman–Crippen MR) is 47.7 cm³/mol. The molecule has 0 amide bonds. The fourth-order valence-electron chi connectivity index (χ4n) is 0.904. The number of hydrogen-bond acceptors (Lipinski definition) is 2. The number of hydrogen-bond donors (Lipinski definition) is 1. The van der Waals surface area contributed by atoms with E-state index >= 15 is 0 Å². The topological polar surface area (TPSA) is 54.4 Å². The Morgan fingerprint density at radius 3 is 2.25 bits per heavy atom. The van der Waals surface area contributed by atoms with Gasteiger partial charge in [-0.2, -0.15) is 0 Å². The van der Waals surface area contributed by atoms with Crippen molar-refractivity contribution in [2.45, 2.75) is 39.3 Å². The molecule has 0 aromatic carbocycles. The summed E-state index contributed by atoms with van der Waals surface area (Å²) in [7, 11) is 0.0460. The van der Waals surface area contributed by atoms with Crippen molar-refractivity contribution < 1.29 is 14.5 Å². The van der Waals surface area contributed by atoms with E-state index in [1.54, 1.807) is 0 Å². The average Bonchev–Trinajstić information content (AvgIpc) is 1.85. The van der Waals surface area contributed by atoms with Gasteiger partial charge in [-0.15, -0.1) is 0 Å². The van der Waals surface area contributed by atoms with Crippen molar-refractivity contribution in [1.29, 1.82) is 0 Å². The molecular weight excluding hydrogens is 175 g/mol. The van der Waals surface area contributed by atoms with E-state index in [4.69, 9.17) is 5.11 Å². The van der Waals surface area contributed by atoms with E-state index in [0.29, 0.717) is 6.42 Å². The van der Waals surface area contributed by atoms with Gasteiger partial charge in [0, 0.05) is 12.1 Å². The molecule has 0 aliphatic carbocycles. The van der Waals surface area contributed by atoms with E-state index in [0.717, 1.165) is 0 Å². The molecule has 12 heavy (non-hydrogen) atoms. The molecule has 1 N–H and O–H groups in total. The highest BCUT2D eigenvalue weighted by molar-refractivity contribution is 7.24. The van der Waals surface area contributed by atoms with Crippen LogP contribution in [0.3, 0.4) is 0 Å². The molecule has 0 aliphatic heterocycles. The molecule has 1 atom stereocenters. The fourth-order valence-corrected chi connectivity index (χ4v) is 1.45. The van der Waals surface area contributed by atoms with Crippen molar-refractivity contribution in [3.05, 3.63) is 0 Å². The fraction of sp³-hybridized carbons (Fsp3) is 0.875. The van der Waals surface area contributed by atoms with Crippen molar-refractivity contribution in [2.24, 2.45) is 5.41 Å². The molecule has 0 bridgehead atoms. The first-order valence-electron chi connectivity index (χ1n) is 3.92. The largest absolute Gasteiger partial charge is 0.481 e. The van der Waals surface area contributed by atoms with Crippen LogP contribution in [-0.2, 0) is 9.36 Å². The van der Waals surface area contributed by atoms with Crippen LogP contribution < -0.4 is 0 Å². The zero-order valence-corrected chi connectivity index (χ0v) is 8.60. The first-order chi connectivity index (χ1) is 5.38. The Balaban J connectivity index is 4.01. The van der Waals surface area contributed by atoms with Gasteiger partial charge in [0.1, 0.15) is 0 Å². The molecule has 0 aliphatic rings. The summed E-state index contributed by atoms with van der Waals surface area (Å²) in [4.78, 5) is 10.2. The molecular formula is C8H15O3P. The van der Waals surface area contributed by atoms with E-state index in [2.05, 4.69) is 0 Å². The van der Waals surface area contributed by atoms with Crippen molar-refractivity contribution in [3.8, 4) is 0 Å². The molecule has 0 radical (unpaired) electrons. The zero-order valence-electron chi connectivity index (χ0n) is 7.70. The van der Waals surface area contributed by atoms with Gasteiger partial charge in [-0.1, -0.05) is 20.8 Å². The van der Waals surface area contributed by atoms with Crippen LogP contribution in [0.1, 0.15) is 33.6 Å². The van der Waals surface area contributed by atoms with Gasteiger partial charge < -0.3 is 5.11 Å². The molecule has 3 nitrogen and oxygen atoms in total. The molecule has 0 rings (SSSR count). The molecule has 4 heteroatoms. The van der Waals surface area contributed by atoms with Crippen LogP contribution in [0, 0.1) is 5.41 Å². The summed E-state index contributed by atoms with van der Waals surface area (Å²) in [6.07, 6.45) is 0.571. The number of carboxylic acid groups (broad SMARTS) is 1. The highest BCUT2D eigenvalue weighted by Crippen LogP contribution is 2.32. The van der Waals surface area contributed by atoms with Gasteiger partial charge in [-0.25, -0.2) is 0 Å². The molecule has 0 aromatic heterocycles. The quantitative estimate of drug-likeness (QED) is 0.693. The Labute approximate surface area is 74.4 Å². The molecule has 0 saturated carbocycles. The second kappa shape index (κ2) is 4.56. The minimum absolute atomic E-state index is 0.0460. The van der Waals surface area contributed by atoms with Crippen molar-refractivity contribution in [2.75, 3.05) is 0 Å². The lowest BCUT2D eigenvalue weighted by Gasteiger charge is -2.24.